The van der Waals surface area contributed by atoms with Crippen LogP contribution in [0.2, 0.25) is 0 Å². The van der Waals surface area contributed by atoms with Gasteiger partial charge in [0.15, 0.2) is 0 Å². The molecule has 0 radical (unpaired) electrons. The van der Waals surface area contributed by atoms with Crippen molar-refractivity contribution >= 4 is 0 Å². The predicted molar refractivity (Wildman–Crippen MR) is 48.9 cm³/mol. The Balaban J connectivity index is 1.98. The van der Waals surface area contributed by atoms with Gasteiger partial charge in [-0.3, -0.25) is 4.90 Å². The molecule has 2 unspecified atom stereocenters. The first-order chi connectivity index (χ1) is 6.35. The fraction of sp³-hybridized carbons (Fsp3) is 0.900. The highest BCUT2D eigenvalue weighted by atomic mass is 16.3. The first kappa shape index (κ1) is 8.98. The van der Waals surface area contributed by atoms with E-state index >= 15 is 0 Å². The Morgan fingerprint density at radius 2 is 2.23 bits per heavy atom. The summed E-state index contributed by atoms with van der Waals surface area (Å²) in [4.78, 5) is 2.40. The molecule has 1 N–H and O–H groups in total. The lowest BCUT2D eigenvalue weighted by Gasteiger charge is -2.35. The van der Waals surface area contributed by atoms with Crippen LogP contribution in [0.1, 0.15) is 25.7 Å². The summed E-state index contributed by atoms with van der Waals surface area (Å²) in [6.45, 7) is 1.29. The number of rotatable bonds is 1. The summed E-state index contributed by atoms with van der Waals surface area (Å²) in [5.74, 6) is 0.263. The highest BCUT2D eigenvalue weighted by Gasteiger charge is 2.37. The Bertz CT molecular complexity index is 223. The lowest BCUT2D eigenvalue weighted by molar-refractivity contribution is 0.0926. The van der Waals surface area contributed by atoms with Crippen LogP contribution in [-0.2, 0) is 0 Å². The summed E-state index contributed by atoms with van der Waals surface area (Å²) in [5.41, 5.74) is 0. The van der Waals surface area contributed by atoms with E-state index in [1.165, 1.54) is 6.42 Å². The van der Waals surface area contributed by atoms with Crippen molar-refractivity contribution in [1.29, 1.82) is 5.26 Å². The Morgan fingerprint density at radius 1 is 1.38 bits per heavy atom. The monoisotopic (exact) mass is 180 g/mol. The quantitative estimate of drug-likeness (QED) is 0.647. The molecule has 13 heavy (non-hydrogen) atoms. The Morgan fingerprint density at radius 3 is 2.92 bits per heavy atom. The molecule has 0 amide bonds. The molecule has 0 aliphatic carbocycles. The average Bonchev–Trinajstić information content (AvgIpc) is 2.59. The van der Waals surface area contributed by atoms with Gasteiger partial charge in [0, 0.05) is 24.5 Å². The van der Waals surface area contributed by atoms with E-state index in [0.29, 0.717) is 12.1 Å². The SMILES string of the molecule is N#CC1CCN2C(CC[C@H]2CO)C1. The van der Waals surface area contributed by atoms with Gasteiger partial charge in [0.2, 0.25) is 0 Å². The maximum atomic E-state index is 9.12. The maximum Gasteiger partial charge on any atom is 0.0656 e. The molecular weight excluding hydrogens is 164 g/mol. The van der Waals surface area contributed by atoms with E-state index in [1.807, 2.05) is 0 Å². The van der Waals surface area contributed by atoms with Crippen LogP contribution in [0.5, 0.6) is 0 Å². The van der Waals surface area contributed by atoms with Crippen LogP contribution in [0, 0.1) is 17.2 Å². The fourth-order valence-corrected chi connectivity index (χ4v) is 2.70. The van der Waals surface area contributed by atoms with E-state index < -0.39 is 0 Å². The van der Waals surface area contributed by atoms with Gasteiger partial charge in [0.1, 0.15) is 0 Å². The molecule has 3 heteroatoms. The van der Waals surface area contributed by atoms with E-state index in [1.54, 1.807) is 0 Å². The van der Waals surface area contributed by atoms with E-state index in [0.717, 1.165) is 25.8 Å². The maximum absolute atomic E-state index is 9.12. The molecule has 0 saturated carbocycles. The zero-order valence-corrected chi connectivity index (χ0v) is 7.82. The van der Waals surface area contributed by atoms with E-state index in [-0.39, 0.29) is 12.5 Å². The van der Waals surface area contributed by atoms with Gasteiger partial charge in [0.05, 0.1) is 12.7 Å². The molecule has 0 bridgehead atoms. The third-order valence-corrected chi connectivity index (χ3v) is 3.46. The average molecular weight is 180 g/mol. The van der Waals surface area contributed by atoms with Crippen molar-refractivity contribution in [2.75, 3.05) is 13.2 Å². The van der Waals surface area contributed by atoms with Gasteiger partial charge in [0.25, 0.3) is 0 Å². The largest absolute Gasteiger partial charge is 0.395 e. The zero-order valence-electron chi connectivity index (χ0n) is 7.82. The molecule has 2 rings (SSSR count). The lowest BCUT2D eigenvalue weighted by Crippen LogP contribution is -2.43. The summed E-state index contributed by atoms with van der Waals surface area (Å²) < 4.78 is 0. The number of piperidine rings is 1. The molecule has 2 aliphatic heterocycles. The molecule has 2 heterocycles. The molecule has 0 spiro atoms. The van der Waals surface area contributed by atoms with Crippen molar-refractivity contribution in [3.63, 3.8) is 0 Å². The third-order valence-electron chi connectivity index (χ3n) is 3.46. The van der Waals surface area contributed by atoms with Crippen molar-refractivity contribution in [3.05, 3.63) is 0 Å². The second-order valence-electron chi connectivity index (χ2n) is 4.16. The van der Waals surface area contributed by atoms with Crippen LogP contribution in [0.15, 0.2) is 0 Å². The van der Waals surface area contributed by atoms with Crippen molar-refractivity contribution in [3.8, 4) is 6.07 Å². The van der Waals surface area contributed by atoms with Crippen LogP contribution in [-0.4, -0.2) is 35.2 Å². The van der Waals surface area contributed by atoms with E-state index in [2.05, 4.69) is 11.0 Å². The van der Waals surface area contributed by atoms with Crippen LogP contribution < -0.4 is 0 Å². The molecule has 2 aliphatic rings. The van der Waals surface area contributed by atoms with Crippen molar-refractivity contribution in [2.24, 2.45) is 5.92 Å². The molecule has 3 atom stereocenters. The normalized spacial score (nSPS) is 39.8. The van der Waals surface area contributed by atoms with Gasteiger partial charge in [-0.1, -0.05) is 0 Å². The molecule has 2 saturated heterocycles. The minimum Gasteiger partial charge on any atom is -0.395 e. The van der Waals surface area contributed by atoms with Gasteiger partial charge in [-0.15, -0.1) is 0 Å². The summed E-state index contributed by atoms with van der Waals surface area (Å²) in [5, 5.41) is 17.9. The molecule has 2 fully saturated rings. The predicted octanol–water partition coefficient (Wildman–Crippen LogP) is 0.745. The Labute approximate surface area is 79.0 Å². The molecule has 3 nitrogen and oxygen atoms in total. The molecular formula is C10H16N2O. The van der Waals surface area contributed by atoms with Crippen LogP contribution in [0.3, 0.4) is 0 Å². The van der Waals surface area contributed by atoms with Crippen LogP contribution in [0.25, 0.3) is 0 Å². The fourth-order valence-electron chi connectivity index (χ4n) is 2.70. The Hall–Kier alpha value is -0.590. The second-order valence-corrected chi connectivity index (χ2v) is 4.16. The molecule has 72 valence electrons. The number of nitriles is 1. The lowest BCUT2D eigenvalue weighted by atomic mass is 9.92. The minimum absolute atomic E-state index is 0.263. The van der Waals surface area contributed by atoms with Crippen molar-refractivity contribution < 1.29 is 5.11 Å². The van der Waals surface area contributed by atoms with Crippen molar-refractivity contribution in [1.82, 2.24) is 4.90 Å². The smallest absolute Gasteiger partial charge is 0.0656 e. The number of aliphatic hydroxyl groups excluding tert-OH is 1. The second kappa shape index (κ2) is 3.65. The number of hydrogen-bond acceptors (Lipinski definition) is 3. The van der Waals surface area contributed by atoms with Gasteiger partial charge >= 0.3 is 0 Å². The van der Waals surface area contributed by atoms with Gasteiger partial charge < -0.3 is 5.11 Å². The minimum atomic E-state index is 0.263. The van der Waals surface area contributed by atoms with E-state index in [4.69, 9.17) is 10.4 Å². The summed E-state index contributed by atoms with van der Waals surface area (Å²) in [7, 11) is 0. The zero-order chi connectivity index (χ0) is 9.26. The van der Waals surface area contributed by atoms with Gasteiger partial charge in [-0.2, -0.15) is 5.26 Å². The van der Waals surface area contributed by atoms with Gasteiger partial charge in [-0.25, -0.2) is 0 Å². The molecule has 0 aromatic heterocycles. The van der Waals surface area contributed by atoms with Crippen molar-refractivity contribution in [2.45, 2.75) is 37.8 Å². The summed E-state index contributed by atoms with van der Waals surface area (Å²) in [6.07, 6.45) is 4.29. The Kier molecular flexibility index (Phi) is 2.52. The summed E-state index contributed by atoms with van der Waals surface area (Å²) >= 11 is 0. The topological polar surface area (TPSA) is 47.3 Å². The van der Waals surface area contributed by atoms with E-state index in [9.17, 15) is 0 Å². The molecule has 0 aromatic carbocycles. The standard InChI is InChI=1S/C10H16N2O/c11-6-8-3-4-12-9(5-8)1-2-10(12)7-13/h8-10,13H,1-5,7H2/t8?,9?,10-/m0/s1. The summed E-state index contributed by atoms with van der Waals surface area (Å²) in [6, 6.07) is 3.32. The van der Waals surface area contributed by atoms with Crippen LogP contribution >= 0.6 is 0 Å². The molecule has 0 aromatic rings. The first-order valence-electron chi connectivity index (χ1n) is 5.11. The number of aliphatic hydroxyl groups is 1. The van der Waals surface area contributed by atoms with Gasteiger partial charge in [-0.05, 0) is 25.7 Å². The highest BCUT2D eigenvalue weighted by Crippen LogP contribution is 2.33. The third kappa shape index (κ3) is 1.56. The number of hydrogen-bond donors (Lipinski definition) is 1. The highest BCUT2D eigenvalue weighted by molar-refractivity contribution is 4.97. The number of fused-ring (bicyclic) bond motifs is 1. The first-order valence-corrected chi connectivity index (χ1v) is 5.11. The number of nitrogens with zero attached hydrogens (tertiary/aromatic N) is 2. The van der Waals surface area contributed by atoms with Crippen LogP contribution in [0.4, 0.5) is 0 Å².